The minimum Gasteiger partial charge on any atom is -0.352 e. The maximum Gasteiger partial charge on any atom is 0.254 e. The summed E-state index contributed by atoms with van der Waals surface area (Å²) < 4.78 is 0. The third-order valence-electron chi connectivity index (χ3n) is 6.55. The molecule has 2 heterocycles. The second-order valence-electron chi connectivity index (χ2n) is 9.07. The maximum absolute atomic E-state index is 14.1. The molecule has 1 fully saturated rings. The molecule has 1 aromatic rings. The number of fused-ring (bicyclic) bond motifs is 1. The fourth-order valence-corrected chi connectivity index (χ4v) is 4.78. The first-order valence-corrected chi connectivity index (χ1v) is 11.2. The van der Waals surface area contributed by atoms with Gasteiger partial charge in [-0.1, -0.05) is 37.1 Å². The number of rotatable bonds is 5. The van der Waals surface area contributed by atoms with Gasteiger partial charge in [-0.3, -0.25) is 14.4 Å². The lowest BCUT2D eigenvalue weighted by atomic mass is 9.89. The molecule has 0 spiro atoms. The van der Waals surface area contributed by atoms with Gasteiger partial charge in [-0.25, -0.2) is 0 Å². The normalized spacial score (nSPS) is 22.8. The van der Waals surface area contributed by atoms with Crippen LogP contribution in [-0.4, -0.2) is 46.6 Å². The summed E-state index contributed by atoms with van der Waals surface area (Å²) in [6.45, 7) is 5.44. The zero-order chi connectivity index (χ0) is 22.9. The van der Waals surface area contributed by atoms with Crippen LogP contribution in [0.2, 0.25) is 0 Å². The van der Waals surface area contributed by atoms with Gasteiger partial charge in [0.25, 0.3) is 11.8 Å². The molecule has 0 unspecified atom stereocenters. The van der Waals surface area contributed by atoms with Gasteiger partial charge in [0, 0.05) is 17.9 Å². The second-order valence-corrected chi connectivity index (χ2v) is 9.07. The van der Waals surface area contributed by atoms with Crippen LogP contribution in [0, 0.1) is 6.92 Å². The number of hydrogen-bond acceptors (Lipinski definition) is 4. The Morgan fingerprint density at radius 3 is 2.66 bits per heavy atom. The van der Waals surface area contributed by atoms with E-state index in [2.05, 4.69) is 10.3 Å². The quantitative estimate of drug-likeness (QED) is 0.771. The molecule has 3 amide bonds. The van der Waals surface area contributed by atoms with E-state index < -0.39 is 5.54 Å². The first-order valence-electron chi connectivity index (χ1n) is 11.2. The van der Waals surface area contributed by atoms with Gasteiger partial charge in [0.05, 0.1) is 6.42 Å². The lowest BCUT2D eigenvalue weighted by Gasteiger charge is -2.45. The van der Waals surface area contributed by atoms with Crippen LogP contribution in [0.5, 0.6) is 0 Å². The topological polar surface area (TPSA) is 82.1 Å². The van der Waals surface area contributed by atoms with Gasteiger partial charge in [0.15, 0.2) is 0 Å². The summed E-state index contributed by atoms with van der Waals surface area (Å²) in [7, 11) is 0. The van der Waals surface area contributed by atoms with Crippen molar-refractivity contribution < 1.29 is 14.4 Å². The molecule has 0 saturated heterocycles. The Hall–Kier alpha value is -3.22. The van der Waals surface area contributed by atoms with Gasteiger partial charge in [-0.15, -0.1) is 0 Å². The molecule has 2 aliphatic heterocycles. The van der Waals surface area contributed by atoms with Crippen molar-refractivity contribution in [3.8, 4) is 0 Å². The summed E-state index contributed by atoms with van der Waals surface area (Å²) in [5, 5.41) is 3.08. The summed E-state index contributed by atoms with van der Waals surface area (Å²) in [6.07, 6.45) is 9.61. The number of aryl methyl sites for hydroxylation is 1. The highest BCUT2D eigenvalue weighted by molar-refractivity contribution is 6.15. The zero-order valence-corrected chi connectivity index (χ0v) is 18.9. The number of amidine groups is 1. The van der Waals surface area contributed by atoms with Crippen molar-refractivity contribution in [2.24, 2.45) is 4.99 Å². The van der Waals surface area contributed by atoms with E-state index in [1.54, 1.807) is 18.0 Å². The van der Waals surface area contributed by atoms with E-state index in [9.17, 15) is 14.4 Å². The molecule has 168 valence electrons. The smallest absolute Gasteiger partial charge is 0.254 e. The molecule has 32 heavy (non-hydrogen) atoms. The number of nitrogens with one attached hydrogen (secondary N) is 1. The van der Waals surface area contributed by atoms with Crippen molar-refractivity contribution in [1.29, 1.82) is 0 Å². The Labute approximate surface area is 188 Å². The monoisotopic (exact) mass is 434 g/mol. The third-order valence-corrected chi connectivity index (χ3v) is 6.55. The van der Waals surface area contributed by atoms with Crippen molar-refractivity contribution in [3.63, 3.8) is 0 Å². The Bertz CT molecular complexity index is 1040. The lowest BCUT2D eigenvalue weighted by molar-refractivity contribution is -0.133. The van der Waals surface area contributed by atoms with Crippen LogP contribution in [-0.2, 0) is 14.4 Å². The van der Waals surface area contributed by atoms with Crippen LogP contribution in [0.25, 0.3) is 0 Å². The summed E-state index contributed by atoms with van der Waals surface area (Å²) in [4.78, 5) is 47.1. The van der Waals surface area contributed by atoms with Crippen LogP contribution in [0.1, 0.15) is 51.5 Å². The lowest BCUT2D eigenvalue weighted by Crippen LogP contribution is -2.62. The van der Waals surface area contributed by atoms with Crippen molar-refractivity contribution in [2.75, 3.05) is 11.4 Å². The molecular weight excluding hydrogens is 404 g/mol. The number of hydrogen-bond donors (Lipinski definition) is 1. The molecular formula is C25H30N4O3. The summed E-state index contributed by atoms with van der Waals surface area (Å²) in [6, 6.07) is 7.68. The first-order chi connectivity index (χ1) is 15.3. The fraction of sp³-hybridized carbons (Fsp3) is 0.440. The maximum atomic E-state index is 14.1. The predicted molar refractivity (Wildman–Crippen MR) is 124 cm³/mol. The van der Waals surface area contributed by atoms with Gasteiger partial charge in [-0.05, 0) is 56.9 Å². The van der Waals surface area contributed by atoms with E-state index in [-0.39, 0.29) is 36.7 Å². The van der Waals surface area contributed by atoms with E-state index >= 15 is 0 Å². The average molecular weight is 435 g/mol. The summed E-state index contributed by atoms with van der Waals surface area (Å²) in [5.74, 6) is -0.332. The Kier molecular flexibility index (Phi) is 6.00. The van der Waals surface area contributed by atoms with Crippen molar-refractivity contribution in [1.82, 2.24) is 10.2 Å². The Morgan fingerprint density at radius 1 is 1.22 bits per heavy atom. The van der Waals surface area contributed by atoms with Gasteiger partial charge in [0.2, 0.25) is 5.91 Å². The highest BCUT2D eigenvalue weighted by atomic mass is 16.2. The molecule has 4 rings (SSSR count). The SMILES string of the molecule is CC1=CC=CN2C1=NC(=O)C[C@]2(C)C(=O)N(CC(=O)NC1CCCC1)c1ccccc1C. The largest absolute Gasteiger partial charge is 0.352 e. The number of anilines is 1. The molecule has 0 radical (unpaired) electrons. The molecule has 0 bridgehead atoms. The molecule has 1 saturated carbocycles. The minimum atomic E-state index is -1.18. The number of allylic oxidation sites excluding steroid dienone is 2. The van der Waals surface area contributed by atoms with Crippen LogP contribution in [0.4, 0.5) is 5.69 Å². The number of benzene rings is 1. The van der Waals surface area contributed by atoms with Gasteiger partial charge in [-0.2, -0.15) is 4.99 Å². The van der Waals surface area contributed by atoms with Crippen LogP contribution < -0.4 is 10.2 Å². The standard InChI is InChI=1S/C25H30N4O3/c1-17-9-4-7-13-20(17)28(16-22(31)26-19-11-5-6-12-19)24(32)25(3)15-21(30)27-23-18(2)10-8-14-29(23)25/h4,7-10,13-14,19H,5-6,11-12,15-16H2,1-3H3,(H,26,31)/t25-/m1/s1. The average Bonchev–Trinajstić information content (AvgIpc) is 3.26. The predicted octanol–water partition coefficient (Wildman–Crippen LogP) is 3.25. The highest BCUT2D eigenvalue weighted by Crippen LogP contribution is 2.34. The van der Waals surface area contributed by atoms with Crippen molar-refractivity contribution in [2.45, 2.75) is 64.5 Å². The number of carbonyl (C=O) groups excluding carboxylic acids is 3. The fourth-order valence-electron chi connectivity index (χ4n) is 4.78. The number of para-hydroxylation sites is 1. The minimum absolute atomic E-state index is 0.0560. The van der Waals surface area contributed by atoms with Crippen molar-refractivity contribution >= 4 is 29.2 Å². The van der Waals surface area contributed by atoms with Gasteiger partial charge >= 0.3 is 0 Å². The van der Waals surface area contributed by atoms with E-state index in [0.29, 0.717) is 11.5 Å². The van der Waals surface area contributed by atoms with Crippen LogP contribution in [0.15, 0.2) is 53.2 Å². The van der Waals surface area contributed by atoms with E-state index in [1.807, 2.05) is 50.3 Å². The first kappa shape index (κ1) is 22.0. The summed E-state index contributed by atoms with van der Waals surface area (Å²) >= 11 is 0. The third kappa shape index (κ3) is 4.11. The number of carbonyl (C=O) groups is 3. The molecule has 1 aliphatic carbocycles. The van der Waals surface area contributed by atoms with Crippen LogP contribution in [0.3, 0.4) is 0 Å². The molecule has 1 atom stereocenters. The number of amides is 3. The molecule has 0 aromatic heterocycles. The van der Waals surface area contributed by atoms with Gasteiger partial charge < -0.3 is 15.1 Å². The zero-order valence-electron chi connectivity index (χ0n) is 18.9. The van der Waals surface area contributed by atoms with E-state index in [0.717, 1.165) is 36.8 Å². The molecule has 1 aromatic carbocycles. The van der Waals surface area contributed by atoms with E-state index in [4.69, 9.17) is 0 Å². The Balaban J connectivity index is 1.68. The molecule has 3 aliphatic rings. The van der Waals surface area contributed by atoms with Crippen molar-refractivity contribution in [3.05, 3.63) is 53.8 Å². The van der Waals surface area contributed by atoms with Gasteiger partial charge in [0.1, 0.15) is 17.9 Å². The number of aliphatic imine (C=N–C) groups is 1. The number of nitrogens with zero attached hydrogens (tertiary/aromatic N) is 3. The van der Waals surface area contributed by atoms with E-state index in [1.165, 1.54) is 4.90 Å². The second kappa shape index (κ2) is 8.73. The highest BCUT2D eigenvalue weighted by Gasteiger charge is 2.48. The summed E-state index contributed by atoms with van der Waals surface area (Å²) in [5.41, 5.74) is 1.20. The molecule has 7 nitrogen and oxygen atoms in total. The van der Waals surface area contributed by atoms with Crippen LogP contribution >= 0.6 is 0 Å². The molecule has 7 heteroatoms. The Morgan fingerprint density at radius 2 is 1.94 bits per heavy atom. The molecule has 1 N–H and O–H groups in total.